The molecule has 0 aliphatic heterocycles. The number of nitrogens with zero attached hydrogens (tertiary/aromatic N) is 6. The van der Waals surface area contributed by atoms with Crippen molar-refractivity contribution in [3.05, 3.63) is 23.5 Å². The number of ether oxygens (including phenoxy) is 1. The maximum atomic E-state index is 12.8. The first-order valence-electron chi connectivity index (χ1n) is 9.87. The lowest BCUT2D eigenvalue weighted by atomic mass is 10.1. The van der Waals surface area contributed by atoms with Crippen LogP contribution in [-0.4, -0.2) is 51.2 Å². The van der Waals surface area contributed by atoms with Gasteiger partial charge in [0.05, 0.1) is 42.1 Å². The molecule has 9 heteroatoms. The van der Waals surface area contributed by atoms with Gasteiger partial charge in [-0.05, 0) is 25.8 Å². The zero-order chi connectivity index (χ0) is 22.3. The molecule has 0 fully saturated rings. The minimum absolute atomic E-state index is 0.0664. The number of hydrogen-bond donors (Lipinski definition) is 0. The zero-order valence-corrected chi connectivity index (χ0v) is 17.8. The molecular formula is C21H26N6O3. The lowest BCUT2D eigenvalue weighted by Crippen LogP contribution is -2.36. The Morgan fingerprint density at radius 2 is 1.80 bits per heavy atom. The van der Waals surface area contributed by atoms with E-state index in [4.69, 9.17) is 15.3 Å². The van der Waals surface area contributed by atoms with E-state index in [1.807, 2.05) is 39.8 Å². The van der Waals surface area contributed by atoms with Crippen LogP contribution >= 0.6 is 0 Å². The third-order valence-corrected chi connectivity index (χ3v) is 4.55. The molecule has 2 aromatic heterocycles. The van der Waals surface area contributed by atoms with E-state index in [-0.39, 0.29) is 37.9 Å². The van der Waals surface area contributed by atoms with Crippen molar-refractivity contribution in [3.8, 4) is 12.1 Å². The highest BCUT2D eigenvalue weighted by atomic mass is 16.5. The van der Waals surface area contributed by atoms with Gasteiger partial charge in [0, 0.05) is 24.8 Å². The summed E-state index contributed by atoms with van der Waals surface area (Å²) < 4.78 is 7.03. The van der Waals surface area contributed by atoms with E-state index in [1.165, 1.54) is 4.90 Å². The highest BCUT2D eigenvalue weighted by molar-refractivity contribution is 6.03. The Bertz CT molecular complexity index is 979. The van der Waals surface area contributed by atoms with Gasteiger partial charge in [0.1, 0.15) is 0 Å². The monoisotopic (exact) mass is 410 g/mol. The fraction of sp³-hybridized carbons (Fsp3) is 0.524. The quantitative estimate of drug-likeness (QED) is 0.582. The van der Waals surface area contributed by atoms with Crippen molar-refractivity contribution in [3.63, 3.8) is 0 Å². The lowest BCUT2D eigenvalue weighted by molar-refractivity contribution is -0.134. The normalized spacial score (nSPS) is 10.8. The number of rotatable bonds is 9. The van der Waals surface area contributed by atoms with E-state index in [2.05, 4.69) is 10.1 Å². The summed E-state index contributed by atoms with van der Waals surface area (Å²) in [4.78, 5) is 31.2. The summed E-state index contributed by atoms with van der Waals surface area (Å²) in [5.74, 6) is -0.992. The van der Waals surface area contributed by atoms with Gasteiger partial charge in [0.25, 0.3) is 5.91 Å². The molecule has 2 aromatic rings. The van der Waals surface area contributed by atoms with Gasteiger partial charge in [-0.2, -0.15) is 15.6 Å². The summed E-state index contributed by atoms with van der Waals surface area (Å²) in [5.41, 5.74) is 1.64. The molecular weight excluding hydrogens is 384 g/mol. The third kappa shape index (κ3) is 5.32. The number of fused-ring (bicyclic) bond motifs is 1. The third-order valence-electron chi connectivity index (χ3n) is 4.55. The standard InChI is InChI=1S/C21H26N6O3/c1-14(2)18-11-16(17-12-24-27(15(3)4)20(17)25-18)21(29)30-13-19(28)26(9-5-7-22)10-6-8-23/h11-12,14-15H,5-6,9-10,13H2,1-4H3. The molecule has 0 aliphatic rings. The number of aromatic nitrogens is 3. The molecule has 9 nitrogen and oxygen atoms in total. The van der Waals surface area contributed by atoms with Crippen LogP contribution < -0.4 is 0 Å². The molecule has 0 bridgehead atoms. The van der Waals surface area contributed by atoms with Crippen LogP contribution in [0.15, 0.2) is 12.3 Å². The Hall–Kier alpha value is -3.46. The van der Waals surface area contributed by atoms with E-state index < -0.39 is 18.5 Å². The Balaban J connectivity index is 2.24. The number of hydrogen-bond acceptors (Lipinski definition) is 7. The molecule has 30 heavy (non-hydrogen) atoms. The minimum Gasteiger partial charge on any atom is -0.452 e. The highest BCUT2D eigenvalue weighted by Gasteiger charge is 2.22. The van der Waals surface area contributed by atoms with Gasteiger partial charge < -0.3 is 9.64 Å². The summed E-state index contributed by atoms with van der Waals surface area (Å²) in [6.07, 6.45) is 1.86. The molecule has 0 unspecified atom stereocenters. The van der Waals surface area contributed by atoms with E-state index in [0.29, 0.717) is 16.6 Å². The Kier molecular flexibility index (Phi) is 7.88. The van der Waals surface area contributed by atoms with Crippen LogP contribution in [0, 0.1) is 22.7 Å². The van der Waals surface area contributed by atoms with Crippen LogP contribution in [0.4, 0.5) is 0 Å². The molecule has 0 spiro atoms. The van der Waals surface area contributed by atoms with Crippen molar-refractivity contribution >= 4 is 22.9 Å². The molecule has 158 valence electrons. The van der Waals surface area contributed by atoms with E-state index in [0.717, 1.165) is 5.69 Å². The summed E-state index contributed by atoms with van der Waals surface area (Å²) in [7, 11) is 0. The Morgan fingerprint density at radius 1 is 1.17 bits per heavy atom. The fourth-order valence-corrected chi connectivity index (χ4v) is 2.91. The second-order valence-corrected chi connectivity index (χ2v) is 7.44. The van der Waals surface area contributed by atoms with Gasteiger partial charge in [0.15, 0.2) is 12.3 Å². The first-order chi connectivity index (χ1) is 14.3. The molecule has 0 aliphatic carbocycles. The molecule has 0 N–H and O–H groups in total. The highest BCUT2D eigenvalue weighted by Crippen LogP contribution is 2.25. The van der Waals surface area contributed by atoms with Crippen LogP contribution in [0.3, 0.4) is 0 Å². The summed E-state index contributed by atoms with van der Waals surface area (Å²) >= 11 is 0. The summed E-state index contributed by atoms with van der Waals surface area (Å²) in [6.45, 7) is 7.82. The SMILES string of the molecule is CC(C)c1cc(C(=O)OCC(=O)N(CCC#N)CCC#N)c2cnn(C(C)C)c2n1. The van der Waals surface area contributed by atoms with Gasteiger partial charge in [-0.1, -0.05) is 13.8 Å². The van der Waals surface area contributed by atoms with Crippen molar-refractivity contribution in [1.82, 2.24) is 19.7 Å². The number of pyridine rings is 1. The molecule has 1 amide bonds. The van der Waals surface area contributed by atoms with Crippen molar-refractivity contribution in [2.75, 3.05) is 19.7 Å². The van der Waals surface area contributed by atoms with Crippen LogP contribution in [0.2, 0.25) is 0 Å². The van der Waals surface area contributed by atoms with Gasteiger partial charge in [-0.3, -0.25) is 4.79 Å². The number of nitriles is 2. The van der Waals surface area contributed by atoms with E-state index >= 15 is 0 Å². The van der Waals surface area contributed by atoms with Crippen LogP contribution in [0.25, 0.3) is 11.0 Å². The molecule has 0 atom stereocenters. The second kappa shape index (κ2) is 10.4. The predicted octanol–water partition coefficient (Wildman–Crippen LogP) is 2.95. The van der Waals surface area contributed by atoms with Crippen molar-refractivity contribution in [1.29, 1.82) is 10.5 Å². The number of carbonyl (C=O) groups is 2. The Labute approximate surface area is 175 Å². The number of amides is 1. The van der Waals surface area contributed by atoms with Crippen LogP contribution in [-0.2, 0) is 9.53 Å². The largest absolute Gasteiger partial charge is 0.452 e. The maximum Gasteiger partial charge on any atom is 0.339 e. The first kappa shape index (κ1) is 22.8. The van der Waals surface area contributed by atoms with Gasteiger partial charge in [0.2, 0.25) is 0 Å². The first-order valence-corrected chi connectivity index (χ1v) is 9.87. The van der Waals surface area contributed by atoms with Gasteiger partial charge >= 0.3 is 5.97 Å². The summed E-state index contributed by atoms with van der Waals surface area (Å²) in [6, 6.07) is 5.68. The lowest BCUT2D eigenvalue weighted by Gasteiger charge is -2.20. The molecule has 0 radical (unpaired) electrons. The smallest absolute Gasteiger partial charge is 0.339 e. The minimum atomic E-state index is -0.638. The van der Waals surface area contributed by atoms with E-state index in [9.17, 15) is 9.59 Å². The van der Waals surface area contributed by atoms with Crippen molar-refractivity contribution in [2.24, 2.45) is 0 Å². The number of carbonyl (C=O) groups excluding carboxylic acids is 2. The average Bonchev–Trinajstić information content (AvgIpc) is 3.15. The molecule has 2 rings (SSSR count). The zero-order valence-electron chi connectivity index (χ0n) is 17.8. The van der Waals surface area contributed by atoms with E-state index in [1.54, 1.807) is 16.9 Å². The maximum absolute atomic E-state index is 12.8. The summed E-state index contributed by atoms with van der Waals surface area (Å²) in [5, 5.41) is 22.4. The fourth-order valence-electron chi connectivity index (χ4n) is 2.91. The molecule has 0 saturated heterocycles. The molecule has 0 aromatic carbocycles. The average molecular weight is 410 g/mol. The number of esters is 1. The van der Waals surface area contributed by atoms with Crippen LogP contribution in [0.1, 0.15) is 68.5 Å². The van der Waals surface area contributed by atoms with Crippen molar-refractivity contribution < 1.29 is 14.3 Å². The topological polar surface area (TPSA) is 125 Å². The second-order valence-electron chi connectivity index (χ2n) is 7.44. The van der Waals surface area contributed by atoms with Gasteiger partial charge in [-0.15, -0.1) is 0 Å². The van der Waals surface area contributed by atoms with Crippen LogP contribution in [0.5, 0.6) is 0 Å². The van der Waals surface area contributed by atoms with Crippen molar-refractivity contribution in [2.45, 2.75) is 52.5 Å². The molecule has 2 heterocycles. The predicted molar refractivity (Wildman–Crippen MR) is 109 cm³/mol. The van der Waals surface area contributed by atoms with Gasteiger partial charge in [-0.25, -0.2) is 14.5 Å². The molecule has 0 saturated carbocycles. The Morgan fingerprint density at radius 3 is 2.33 bits per heavy atom.